The third-order valence-electron chi connectivity index (χ3n) is 4.35. The first-order valence-electron chi connectivity index (χ1n) is 8.73. The van der Waals surface area contributed by atoms with Crippen molar-refractivity contribution in [3.05, 3.63) is 41.9 Å². The molecule has 0 saturated carbocycles. The third-order valence-corrected chi connectivity index (χ3v) is 6.23. The smallest absolute Gasteiger partial charge is 0.243 e. The first kappa shape index (κ1) is 19.0. The highest BCUT2D eigenvalue weighted by Crippen LogP contribution is 2.30. The maximum Gasteiger partial charge on any atom is 0.243 e. The van der Waals surface area contributed by atoms with E-state index in [1.165, 1.54) is 16.4 Å². The topological polar surface area (TPSA) is 76.3 Å². The van der Waals surface area contributed by atoms with Gasteiger partial charge in [-0.3, -0.25) is 0 Å². The van der Waals surface area contributed by atoms with Crippen LogP contribution in [0.2, 0.25) is 0 Å². The van der Waals surface area contributed by atoms with Gasteiger partial charge in [-0.05, 0) is 42.5 Å². The second-order valence-electron chi connectivity index (χ2n) is 7.93. The second kappa shape index (κ2) is 7.08. The Labute approximate surface area is 153 Å². The molecule has 0 radical (unpaired) electrons. The van der Waals surface area contributed by atoms with Crippen molar-refractivity contribution in [3.63, 3.8) is 0 Å². The van der Waals surface area contributed by atoms with E-state index in [-0.39, 0.29) is 22.8 Å². The van der Waals surface area contributed by atoms with Crippen molar-refractivity contribution in [2.24, 2.45) is 5.41 Å². The summed E-state index contributed by atoms with van der Waals surface area (Å²) >= 11 is 0. The molecule has 26 heavy (non-hydrogen) atoms. The van der Waals surface area contributed by atoms with Crippen molar-refractivity contribution in [2.75, 3.05) is 13.1 Å². The fraction of sp³-hybridized carbons (Fsp3) is 0.556. The van der Waals surface area contributed by atoms with Crippen LogP contribution in [0.15, 0.2) is 33.6 Å². The van der Waals surface area contributed by atoms with E-state index in [4.69, 9.17) is 4.42 Å². The van der Waals surface area contributed by atoms with Crippen LogP contribution in [0.4, 0.5) is 4.39 Å². The zero-order chi connectivity index (χ0) is 18.9. The van der Waals surface area contributed by atoms with Gasteiger partial charge in [0, 0.05) is 19.5 Å². The van der Waals surface area contributed by atoms with Gasteiger partial charge in [-0.25, -0.2) is 12.8 Å². The SMILES string of the molecule is CC(C)(C)Cc1nnc(C2CCCN(S(=O)(=O)c3ccc(F)cc3)C2)o1. The fourth-order valence-electron chi connectivity index (χ4n) is 3.07. The fourth-order valence-corrected chi connectivity index (χ4v) is 4.60. The van der Waals surface area contributed by atoms with Gasteiger partial charge in [0.2, 0.25) is 21.8 Å². The molecule has 0 spiro atoms. The average molecular weight is 381 g/mol. The van der Waals surface area contributed by atoms with Gasteiger partial charge in [-0.2, -0.15) is 4.31 Å². The van der Waals surface area contributed by atoms with E-state index < -0.39 is 15.8 Å². The van der Waals surface area contributed by atoms with Crippen LogP contribution in [-0.2, 0) is 16.4 Å². The predicted molar refractivity (Wildman–Crippen MR) is 94.6 cm³/mol. The number of hydrogen-bond acceptors (Lipinski definition) is 5. The lowest BCUT2D eigenvalue weighted by molar-refractivity contribution is 0.274. The van der Waals surface area contributed by atoms with E-state index in [0.29, 0.717) is 31.2 Å². The molecule has 1 unspecified atom stereocenters. The van der Waals surface area contributed by atoms with Crippen molar-refractivity contribution in [1.29, 1.82) is 0 Å². The van der Waals surface area contributed by atoms with Crippen molar-refractivity contribution >= 4 is 10.0 Å². The highest BCUT2D eigenvalue weighted by atomic mass is 32.2. The molecule has 1 aromatic heterocycles. The Hall–Kier alpha value is -1.80. The number of rotatable bonds is 4. The molecule has 0 amide bonds. The maximum absolute atomic E-state index is 13.1. The van der Waals surface area contributed by atoms with Gasteiger partial charge in [0.25, 0.3) is 0 Å². The summed E-state index contributed by atoms with van der Waals surface area (Å²) in [5, 5.41) is 8.24. The van der Waals surface area contributed by atoms with Crippen molar-refractivity contribution in [3.8, 4) is 0 Å². The van der Waals surface area contributed by atoms with Gasteiger partial charge in [-0.1, -0.05) is 20.8 Å². The van der Waals surface area contributed by atoms with Crippen LogP contribution in [-0.4, -0.2) is 36.0 Å². The van der Waals surface area contributed by atoms with E-state index in [9.17, 15) is 12.8 Å². The second-order valence-corrected chi connectivity index (χ2v) is 9.87. The van der Waals surface area contributed by atoms with E-state index >= 15 is 0 Å². The molecule has 1 fully saturated rings. The molecule has 1 aromatic carbocycles. The summed E-state index contributed by atoms with van der Waals surface area (Å²) in [5.74, 6) is 0.479. The van der Waals surface area contributed by atoms with Gasteiger partial charge in [0.1, 0.15) is 5.82 Å². The molecular weight excluding hydrogens is 357 g/mol. The Morgan fingerprint density at radius 1 is 1.23 bits per heavy atom. The lowest BCUT2D eigenvalue weighted by Gasteiger charge is -2.30. The Kier molecular flexibility index (Phi) is 5.16. The number of piperidine rings is 1. The van der Waals surface area contributed by atoms with Gasteiger partial charge in [0.15, 0.2) is 0 Å². The summed E-state index contributed by atoms with van der Waals surface area (Å²) in [7, 11) is -3.66. The number of nitrogens with zero attached hydrogens (tertiary/aromatic N) is 3. The lowest BCUT2D eigenvalue weighted by atomic mass is 9.92. The molecule has 1 aliphatic rings. The standard InChI is InChI=1S/C18H24FN3O3S/c1-18(2,3)11-16-20-21-17(25-16)13-5-4-10-22(12-13)26(23,24)15-8-6-14(19)7-9-15/h6-9,13H,4-5,10-12H2,1-3H3. The molecular formula is C18H24FN3O3S. The van der Waals surface area contributed by atoms with Crippen LogP contribution < -0.4 is 0 Å². The number of sulfonamides is 1. The van der Waals surface area contributed by atoms with E-state index in [1.54, 1.807) is 0 Å². The predicted octanol–water partition coefficient (Wildman–Crippen LogP) is 3.37. The zero-order valence-corrected chi connectivity index (χ0v) is 16.1. The van der Waals surface area contributed by atoms with Gasteiger partial charge in [-0.15, -0.1) is 10.2 Å². The molecule has 2 heterocycles. The Balaban J connectivity index is 1.76. The van der Waals surface area contributed by atoms with Gasteiger partial charge >= 0.3 is 0 Å². The number of aromatic nitrogens is 2. The van der Waals surface area contributed by atoms with E-state index in [2.05, 4.69) is 31.0 Å². The normalized spacial score (nSPS) is 19.6. The third kappa shape index (κ3) is 4.29. The van der Waals surface area contributed by atoms with Crippen LogP contribution >= 0.6 is 0 Å². The zero-order valence-electron chi connectivity index (χ0n) is 15.3. The van der Waals surface area contributed by atoms with Crippen LogP contribution in [0, 0.1) is 11.2 Å². The van der Waals surface area contributed by atoms with Crippen molar-refractivity contribution in [1.82, 2.24) is 14.5 Å². The highest BCUT2D eigenvalue weighted by Gasteiger charge is 2.33. The molecule has 0 N–H and O–H groups in total. The molecule has 0 bridgehead atoms. The molecule has 1 aliphatic heterocycles. The lowest BCUT2D eigenvalue weighted by Crippen LogP contribution is -2.39. The molecule has 142 valence electrons. The molecule has 6 nitrogen and oxygen atoms in total. The summed E-state index contributed by atoms with van der Waals surface area (Å²) in [6, 6.07) is 4.90. The Bertz CT molecular complexity index is 857. The summed E-state index contributed by atoms with van der Waals surface area (Å²) in [6.45, 7) is 6.99. The van der Waals surface area contributed by atoms with Crippen LogP contribution in [0.25, 0.3) is 0 Å². The van der Waals surface area contributed by atoms with E-state index in [0.717, 1.165) is 18.6 Å². The maximum atomic E-state index is 13.1. The Morgan fingerprint density at radius 3 is 2.58 bits per heavy atom. The summed E-state index contributed by atoms with van der Waals surface area (Å²) < 4.78 is 45.9. The number of benzene rings is 1. The molecule has 0 aliphatic carbocycles. The average Bonchev–Trinajstić information content (AvgIpc) is 3.02. The minimum absolute atomic E-state index is 0.0360. The first-order chi connectivity index (χ1) is 12.1. The Morgan fingerprint density at radius 2 is 1.92 bits per heavy atom. The summed E-state index contributed by atoms with van der Waals surface area (Å²) in [6.07, 6.45) is 2.18. The van der Waals surface area contributed by atoms with Crippen LogP contribution in [0.5, 0.6) is 0 Å². The minimum Gasteiger partial charge on any atom is -0.425 e. The quantitative estimate of drug-likeness (QED) is 0.812. The molecule has 3 rings (SSSR count). The monoisotopic (exact) mass is 381 g/mol. The summed E-state index contributed by atoms with van der Waals surface area (Å²) in [4.78, 5) is 0.0958. The number of hydrogen-bond donors (Lipinski definition) is 0. The molecule has 1 atom stereocenters. The van der Waals surface area contributed by atoms with Gasteiger partial charge < -0.3 is 4.42 Å². The van der Waals surface area contributed by atoms with Gasteiger partial charge in [0.05, 0.1) is 10.8 Å². The number of halogens is 1. The van der Waals surface area contributed by atoms with Crippen molar-refractivity contribution < 1.29 is 17.2 Å². The molecule has 2 aromatic rings. The minimum atomic E-state index is -3.66. The molecule has 8 heteroatoms. The first-order valence-corrected chi connectivity index (χ1v) is 10.2. The van der Waals surface area contributed by atoms with Crippen LogP contribution in [0.3, 0.4) is 0 Å². The van der Waals surface area contributed by atoms with Crippen molar-refractivity contribution in [2.45, 2.75) is 50.8 Å². The highest BCUT2D eigenvalue weighted by molar-refractivity contribution is 7.89. The van der Waals surface area contributed by atoms with Crippen LogP contribution in [0.1, 0.15) is 51.3 Å². The summed E-state index contributed by atoms with van der Waals surface area (Å²) in [5.41, 5.74) is 0.0360. The van der Waals surface area contributed by atoms with E-state index in [1.807, 2.05) is 0 Å². The largest absolute Gasteiger partial charge is 0.425 e. The molecule has 1 saturated heterocycles.